The third-order valence-corrected chi connectivity index (χ3v) is 3.81. The van der Waals surface area contributed by atoms with Crippen molar-refractivity contribution in [3.05, 3.63) is 48.5 Å². The average molecular weight is 280 g/mol. The van der Waals surface area contributed by atoms with Gasteiger partial charge in [0.05, 0.1) is 23.4 Å². The predicted molar refractivity (Wildman–Crippen MR) is 88.8 cm³/mol. The average Bonchev–Trinajstić information content (AvgIpc) is 2.65. The van der Waals surface area contributed by atoms with Crippen molar-refractivity contribution in [2.24, 2.45) is 5.73 Å². The van der Waals surface area contributed by atoms with Crippen molar-refractivity contribution in [2.75, 3.05) is 16.8 Å². The number of anilines is 2. The molecule has 1 aliphatic heterocycles. The molecule has 1 aliphatic rings. The molecule has 0 radical (unpaired) electrons. The Morgan fingerprint density at radius 1 is 1.19 bits per heavy atom. The van der Waals surface area contributed by atoms with Crippen LogP contribution in [0.15, 0.2) is 48.5 Å². The molecule has 3 rings (SSSR count). The Labute approximate surface area is 125 Å². The van der Waals surface area contributed by atoms with Gasteiger partial charge in [-0.15, -0.1) is 0 Å². The molecule has 2 aromatic rings. The lowest BCUT2D eigenvalue weighted by Crippen LogP contribution is -2.44. The second-order valence-electron chi connectivity index (χ2n) is 5.34. The Morgan fingerprint density at radius 2 is 1.95 bits per heavy atom. The third kappa shape index (κ3) is 2.62. The molecule has 0 fully saturated rings. The van der Waals surface area contributed by atoms with Gasteiger partial charge in [0, 0.05) is 6.54 Å². The van der Waals surface area contributed by atoms with Crippen molar-refractivity contribution >= 4 is 17.2 Å². The van der Waals surface area contributed by atoms with E-state index in [2.05, 4.69) is 29.6 Å². The summed E-state index contributed by atoms with van der Waals surface area (Å²) in [5, 5.41) is 11.4. The molecule has 1 heterocycles. The number of hydrogen-bond acceptors (Lipinski definition) is 3. The maximum atomic E-state index is 7.98. The maximum absolute atomic E-state index is 7.98. The van der Waals surface area contributed by atoms with Gasteiger partial charge in [-0.3, -0.25) is 5.41 Å². The third-order valence-electron chi connectivity index (χ3n) is 3.81. The van der Waals surface area contributed by atoms with E-state index in [0.717, 1.165) is 24.3 Å². The SMILES string of the molecule is CC(=N)N1c2ccc(-c3ccccc3)cc2NCCC1N. The topological polar surface area (TPSA) is 65.1 Å². The van der Waals surface area contributed by atoms with Crippen LogP contribution < -0.4 is 16.0 Å². The highest BCUT2D eigenvalue weighted by Crippen LogP contribution is 2.34. The standard InChI is InChI=1S/C17H20N4/c1-12(18)21-16-8-7-14(13-5-3-2-4-6-13)11-15(16)20-10-9-17(21)19/h2-8,11,17-18,20H,9-10,19H2,1H3. The lowest BCUT2D eigenvalue weighted by Gasteiger charge is -2.28. The predicted octanol–water partition coefficient (Wildman–Crippen LogP) is 3.26. The molecule has 0 bridgehead atoms. The van der Waals surface area contributed by atoms with Crippen LogP contribution in [0.2, 0.25) is 0 Å². The smallest absolute Gasteiger partial charge is 0.0984 e. The fraction of sp³-hybridized carbons (Fsp3) is 0.235. The van der Waals surface area contributed by atoms with Gasteiger partial charge in [0.15, 0.2) is 0 Å². The van der Waals surface area contributed by atoms with Gasteiger partial charge in [0.1, 0.15) is 0 Å². The van der Waals surface area contributed by atoms with E-state index in [-0.39, 0.29) is 6.17 Å². The summed E-state index contributed by atoms with van der Waals surface area (Å²) in [5.41, 5.74) is 10.6. The summed E-state index contributed by atoms with van der Waals surface area (Å²) in [6.45, 7) is 2.59. The van der Waals surface area contributed by atoms with E-state index < -0.39 is 0 Å². The van der Waals surface area contributed by atoms with Crippen molar-refractivity contribution in [2.45, 2.75) is 19.5 Å². The van der Waals surface area contributed by atoms with Gasteiger partial charge in [-0.05, 0) is 36.6 Å². The number of nitrogens with one attached hydrogen (secondary N) is 2. The lowest BCUT2D eigenvalue weighted by molar-refractivity contribution is 0.659. The highest BCUT2D eigenvalue weighted by atomic mass is 15.3. The molecule has 0 spiro atoms. The van der Waals surface area contributed by atoms with Gasteiger partial charge in [-0.2, -0.15) is 0 Å². The molecule has 4 nitrogen and oxygen atoms in total. The minimum atomic E-state index is -0.154. The number of benzene rings is 2. The first-order valence-electron chi connectivity index (χ1n) is 7.20. The summed E-state index contributed by atoms with van der Waals surface area (Å²) in [6, 6.07) is 16.6. The zero-order valence-electron chi connectivity index (χ0n) is 12.1. The molecule has 21 heavy (non-hydrogen) atoms. The van der Waals surface area contributed by atoms with E-state index in [1.54, 1.807) is 6.92 Å². The number of amidine groups is 1. The Hall–Kier alpha value is -2.33. The van der Waals surface area contributed by atoms with Crippen molar-refractivity contribution in [1.29, 1.82) is 5.41 Å². The molecular formula is C17H20N4. The molecule has 2 aromatic carbocycles. The van der Waals surface area contributed by atoms with E-state index in [1.807, 2.05) is 29.2 Å². The van der Waals surface area contributed by atoms with Gasteiger partial charge < -0.3 is 16.0 Å². The van der Waals surface area contributed by atoms with E-state index in [1.165, 1.54) is 11.1 Å². The van der Waals surface area contributed by atoms with Crippen LogP contribution in [0, 0.1) is 5.41 Å². The van der Waals surface area contributed by atoms with Crippen LogP contribution in [0.3, 0.4) is 0 Å². The molecule has 0 saturated heterocycles. The fourth-order valence-corrected chi connectivity index (χ4v) is 2.79. The number of nitrogens with zero attached hydrogens (tertiary/aromatic N) is 1. The first-order chi connectivity index (χ1) is 10.2. The highest BCUT2D eigenvalue weighted by Gasteiger charge is 2.23. The second-order valence-corrected chi connectivity index (χ2v) is 5.34. The normalized spacial score (nSPS) is 17.6. The van der Waals surface area contributed by atoms with Crippen LogP contribution in [0.4, 0.5) is 11.4 Å². The first-order valence-corrected chi connectivity index (χ1v) is 7.20. The Balaban J connectivity index is 2.06. The Kier molecular flexibility index (Phi) is 3.62. The zero-order valence-corrected chi connectivity index (χ0v) is 12.1. The summed E-state index contributed by atoms with van der Waals surface area (Å²) >= 11 is 0. The van der Waals surface area contributed by atoms with Crippen molar-refractivity contribution in [3.8, 4) is 11.1 Å². The Bertz CT molecular complexity index is 651. The summed E-state index contributed by atoms with van der Waals surface area (Å²) in [7, 11) is 0. The van der Waals surface area contributed by atoms with E-state index in [0.29, 0.717) is 5.84 Å². The molecule has 0 saturated carbocycles. The molecule has 4 heteroatoms. The molecular weight excluding hydrogens is 260 g/mol. The van der Waals surface area contributed by atoms with Crippen LogP contribution in [0.25, 0.3) is 11.1 Å². The first kappa shape index (κ1) is 13.6. The highest BCUT2D eigenvalue weighted by molar-refractivity contribution is 5.98. The monoisotopic (exact) mass is 280 g/mol. The van der Waals surface area contributed by atoms with Crippen molar-refractivity contribution in [1.82, 2.24) is 0 Å². The van der Waals surface area contributed by atoms with Gasteiger partial charge >= 0.3 is 0 Å². The van der Waals surface area contributed by atoms with Crippen LogP contribution >= 0.6 is 0 Å². The number of fused-ring (bicyclic) bond motifs is 1. The van der Waals surface area contributed by atoms with Crippen LogP contribution in [0.1, 0.15) is 13.3 Å². The van der Waals surface area contributed by atoms with E-state index in [9.17, 15) is 0 Å². The van der Waals surface area contributed by atoms with Gasteiger partial charge in [0.25, 0.3) is 0 Å². The largest absolute Gasteiger partial charge is 0.383 e. The van der Waals surface area contributed by atoms with Crippen LogP contribution in [-0.4, -0.2) is 18.5 Å². The molecule has 1 atom stereocenters. The summed E-state index contributed by atoms with van der Waals surface area (Å²) in [6.07, 6.45) is 0.657. The second kappa shape index (κ2) is 5.58. The van der Waals surface area contributed by atoms with Crippen molar-refractivity contribution < 1.29 is 0 Å². The molecule has 108 valence electrons. The molecule has 0 aromatic heterocycles. The van der Waals surface area contributed by atoms with Gasteiger partial charge in [-0.25, -0.2) is 0 Å². The summed E-state index contributed by atoms with van der Waals surface area (Å²) in [4.78, 5) is 1.89. The molecule has 4 N–H and O–H groups in total. The maximum Gasteiger partial charge on any atom is 0.0984 e. The summed E-state index contributed by atoms with van der Waals surface area (Å²) < 4.78 is 0. The number of nitrogens with two attached hydrogens (primary N) is 1. The van der Waals surface area contributed by atoms with Crippen molar-refractivity contribution in [3.63, 3.8) is 0 Å². The minimum absolute atomic E-state index is 0.154. The molecule has 1 unspecified atom stereocenters. The molecule has 0 aliphatic carbocycles. The lowest BCUT2D eigenvalue weighted by atomic mass is 10.0. The number of hydrogen-bond donors (Lipinski definition) is 3. The number of rotatable bonds is 1. The van der Waals surface area contributed by atoms with E-state index in [4.69, 9.17) is 11.1 Å². The van der Waals surface area contributed by atoms with Gasteiger partial charge in [0.2, 0.25) is 0 Å². The zero-order chi connectivity index (χ0) is 14.8. The molecule has 0 amide bonds. The van der Waals surface area contributed by atoms with Gasteiger partial charge in [-0.1, -0.05) is 36.4 Å². The van der Waals surface area contributed by atoms with Crippen LogP contribution in [-0.2, 0) is 0 Å². The Morgan fingerprint density at radius 3 is 2.67 bits per heavy atom. The van der Waals surface area contributed by atoms with E-state index >= 15 is 0 Å². The minimum Gasteiger partial charge on any atom is -0.383 e. The quantitative estimate of drug-likeness (QED) is 0.555. The van der Waals surface area contributed by atoms with Crippen LogP contribution in [0.5, 0.6) is 0 Å². The summed E-state index contributed by atoms with van der Waals surface area (Å²) in [5.74, 6) is 0.472. The fourth-order valence-electron chi connectivity index (χ4n) is 2.79.